The molecule has 124 valence electrons. The van der Waals surface area contributed by atoms with Gasteiger partial charge in [0, 0.05) is 20.1 Å². The maximum Gasteiger partial charge on any atom is 0.264 e. The first-order valence-corrected chi connectivity index (χ1v) is 7.39. The summed E-state index contributed by atoms with van der Waals surface area (Å²) in [5.74, 6) is -0.540. The molecule has 0 aliphatic heterocycles. The molecule has 0 radical (unpaired) electrons. The molecule has 9 nitrogen and oxygen atoms in total. The molecule has 0 unspecified atom stereocenters. The van der Waals surface area contributed by atoms with E-state index in [1.807, 2.05) is 6.92 Å². The van der Waals surface area contributed by atoms with Crippen LogP contribution in [0.4, 0.5) is 0 Å². The number of nitrogens with one attached hydrogen (secondary N) is 1. The third kappa shape index (κ3) is 3.55. The Bertz CT molecular complexity index is 778. The second-order valence-electron chi connectivity index (χ2n) is 5.04. The maximum atomic E-state index is 12.3. The number of carbonyl (C=O) groups excluding carboxylic acids is 2. The molecule has 0 bridgehead atoms. The van der Waals surface area contributed by atoms with Crippen molar-refractivity contribution in [2.24, 2.45) is 7.05 Å². The Morgan fingerprint density at radius 3 is 2.74 bits per heavy atom. The number of fused-ring (bicyclic) bond motifs is 1. The van der Waals surface area contributed by atoms with Gasteiger partial charge in [-0.1, -0.05) is 0 Å². The van der Waals surface area contributed by atoms with Gasteiger partial charge in [0.05, 0.1) is 12.7 Å². The molecule has 0 spiro atoms. The monoisotopic (exact) mass is 320 g/mol. The molecule has 0 atom stereocenters. The highest BCUT2D eigenvalue weighted by atomic mass is 16.2. The van der Waals surface area contributed by atoms with E-state index in [2.05, 4.69) is 15.4 Å². The lowest BCUT2D eigenvalue weighted by atomic mass is 10.4. The molecule has 0 aliphatic rings. The van der Waals surface area contributed by atoms with E-state index >= 15 is 0 Å². The van der Waals surface area contributed by atoms with E-state index in [9.17, 15) is 14.4 Å². The van der Waals surface area contributed by atoms with Gasteiger partial charge in [0.1, 0.15) is 18.3 Å². The van der Waals surface area contributed by atoms with Crippen LogP contribution in [0, 0.1) is 0 Å². The predicted molar refractivity (Wildman–Crippen MR) is 83.7 cm³/mol. The molecular formula is C14H20N6O3. The second kappa shape index (κ2) is 7.03. The molecule has 9 heteroatoms. The summed E-state index contributed by atoms with van der Waals surface area (Å²) in [5, 5.41) is 6.98. The SMILES string of the molecule is CCNC(=O)CN(CC)C(=O)Cn1cnc2c(cnn2C)c1=O. The number of carbonyl (C=O) groups is 2. The molecule has 2 amide bonds. The minimum Gasteiger partial charge on any atom is -0.355 e. The zero-order valence-corrected chi connectivity index (χ0v) is 13.4. The zero-order chi connectivity index (χ0) is 17.0. The number of hydrogen-bond donors (Lipinski definition) is 1. The van der Waals surface area contributed by atoms with Gasteiger partial charge in [-0.05, 0) is 13.8 Å². The minimum absolute atomic E-state index is 0.0273. The van der Waals surface area contributed by atoms with Crippen molar-refractivity contribution in [3.8, 4) is 0 Å². The van der Waals surface area contributed by atoms with Crippen molar-refractivity contribution in [3.63, 3.8) is 0 Å². The van der Waals surface area contributed by atoms with Crippen molar-refractivity contribution in [1.29, 1.82) is 0 Å². The van der Waals surface area contributed by atoms with Gasteiger partial charge in [-0.2, -0.15) is 5.10 Å². The Kier molecular flexibility index (Phi) is 5.09. The van der Waals surface area contributed by atoms with Crippen molar-refractivity contribution in [2.75, 3.05) is 19.6 Å². The highest BCUT2D eigenvalue weighted by Gasteiger charge is 2.17. The molecule has 0 saturated carbocycles. The highest BCUT2D eigenvalue weighted by molar-refractivity contribution is 5.84. The van der Waals surface area contributed by atoms with Gasteiger partial charge < -0.3 is 10.2 Å². The lowest BCUT2D eigenvalue weighted by Crippen LogP contribution is -2.42. The summed E-state index contributed by atoms with van der Waals surface area (Å²) in [4.78, 5) is 41.8. The Morgan fingerprint density at radius 1 is 1.35 bits per heavy atom. The Morgan fingerprint density at radius 2 is 2.09 bits per heavy atom. The van der Waals surface area contributed by atoms with Crippen LogP contribution in [0.1, 0.15) is 13.8 Å². The van der Waals surface area contributed by atoms with E-state index in [0.29, 0.717) is 24.1 Å². The summed E-state index contributed by atoms with van der Waals surface area (Å²) < 4.78 is 2.73. The zero-order valence-electron chi connectivity index (χ0n) is 13.4. The smallest absolute Gasteiger partial charge is 0.264 e. The quantitative estimate of drug-likeness (QED) is 0.744. The van der Waals surface area contributed by atoms with E-state index in [1.54, 1.807) is 14.0 Å². The summed E-state index contributed by atoms with van der Waals surface area (Å²) in [6, 6.07) is 0. The normalized spacial score (nSPS) is 10.7. The van der Waals surface area contributed by atoms with Crippen molar-refractivity contribution < 1.29 is 9.59 Å². The third-order valence-electron chi connectivity index (χ3n) is 3.47. The summed E-state index contributed by atoms with van der Waals surface area (Å²) in [7, 11) is 1.69. The fourth-order valence-corrected chi connectivity index (χ4v) is 2.23. The van der Waals surface area contributed by atoms with Crippen LogP contribution in [0.3, 0.4) is 0 Å². The topological polar surface area (TPSA) is 102 Å². The Balaban J connectivity index is 2.17. The van der Waals surface area contributed by atoms with Crippen LogP contribution >= 0.6 is 0 Å². The first kappa shape index (κ1) is 16.7. The van der Waals surface area contributed by atoms with Crippen LogP contribution in [-0.2, 0) is 23.2 Å². The van der Waals surface area contributed by atoms with E-state index in [-0.39, 0.29) is 30.5 Å². The summed E-state index contributed by atoms with van der Waals surface area (Å²) in [6.45, 7) is 4.29. The van der Waals surface area contributed by atoms with Crippen molar-refractivity contribution >= 4 is 22.8 Å². The lowest BCUT2D eigenvalue weighted by molar-refractivity contribution is -0.136. The van der Waals surface area contributed by atoms with Crippen molar-refractivity contribution in [3.05, 3.63) is 22.9 Å². The van der Waals surface area contributed by atoms with Gasteiger partial charge in [0.2, 0.25) is 11.8 Å². The standard InChI is InChI=1S/C14H20N6O3/c1-4-15-11(21)7-19(5-2)12(22)8-20-9-16-13-10(14(20)23)6-17-18(13)3/h6,9H,4-5,7-8H2,1-3H3,(H,15,21). The van der Waals surface area contributed by atoms with E-state index < -0.39 is 0 Å². The number of rotatable bonds is 6. The average molecular weight is 320 g/mol. The molecule has 1 N–H and O–H groups in total. The Labute approximate surface area is 132 Å². The van der Waals surface area contributed by atoms with Crippen LogP contribution in [-0.4, -0.2) is 55.7 Å². The first-order chi connectivity index (χ1) is 11.0. The molecular weight excluding hydrogens is 300 g/mol. The second-order valence-corrected chi connectivity index (χ2v) is 5.04. The first-order valence-electron chi connectivity index (χ1n) is 7.39. The number of amides is 2. The van der Waals surface area contributed by atoms with Gasteiger partial charge in [-0.25, -0.2) is 4.98 Å². The van der Waals surface area contributed by atoms with E-state index in [0.717, 1.165) is 0 Å². The fourth-order valence-electron chi connectivity index (χ4n) is 2.23. The molecule has 0 aliphatic carbocycles. The summed E-state index contributed by atoms with van der Waals surface area (Å²) in [5.41, 5.74) is 0.138. The number of aryl methyl sites for hydroxylation is 1. The fraction of sp³-hybridized carbons (Fsp3) is 0.500. The predicted octanol–water partition coefficient (Wildman–Crippen LogP) is -0.885. The van der Waals surface area contributed by atoms with Gasteiger partial charge in [-0.15, -0.1) is 0 Å². The summed E-state index contributed by atoms with van der Waals surface area (Å²) in [6.07, 6.45) is 2.75. The maximum absolute atomic E-state index is 12.3. The molecule has 2 heterocycles. The Hall–Kier alpha value is -2.71. The average Bonchev–Trinajstić information content (AvgIpc) is 2.90. The number of nitrogens with zero attached hydrogens (tertiary/aromatic N) is 5. The minimum atomic E-state index is -0.328. The van der Waals surface area contributed by atoms with Gasteiger partial charge in [-0.3, -0.25) is 23.6 Å². The largest absolute Gasteiger partial charge is 0.355 e. The molecule has 2 rings (SSSR count). The molecule has 2 aromatic rings. The van der Waals surface area contributed by atoms with Crippen LogP contribution < -0.4 is 10.9 Å². The molecule has 0 saturated heterocycles. The van der Waals surface area contributed by atoms with Crippen LogP contribution in [0.25, 0.3) is 11.0 Å². The number of aromatic nitrogens is 4. The van der Waals surface area contributed by atoms with Crippen LogP contribution in [0.5, 0.6) is 0 Å². The molecule has 0 aromatic carbocycles. The van der Waals surface area contributed by atoms with Gasteiger partial charge in [0.15, 0.2) is 5.65 Å². The van der Waals surface area contributed by atoms with E-state index in [1.165, 1.54) is 26.7 Å². The van der Waals surface area contributed by atoms with Gasteiger partial charge in [0.25, 0.3) is 5.56 Å². The molecule has 0 fully saturated rings. The van der Waals surface area contributed by atoms with E-state index in [4.69, 9.17) is 0 Å². The van der Waals surface area contributed by atoms with Crippen LogP contribution in [0.15, 0.2) is 17.3 Å². The van der Waals surface area contributed by atoms with Crippen molar-refractivity contribution in [2.45, 2.75) is 20.4 Å². The summed E-state index contributed by atoms with van der Waals surface area (Å²) >= 11 is 0. The molecule has 2 aromatic heterocycles. The molecule has 23 heavy (non-hydrogen) atoms. The van der Waals surface area contributed by atoms with Gasteiger partial charge >= 0.3 is 0 Å². The number of likely N-dealkylation sites (N-methyl/N-ethyl adjacent to an activating group) is 2. The van der Waals surface area contributed by atoms with Crippen molar-refractivity contribution in [1.82, 2.24) is 29.5 Å². The third-order valence-corrected chi connectivity index (χ3v) is 3.47. The lowest BCUT2D eigenvalue weighted by Gasteiger charge is -2.20. The number of hydrogen-bond acceptors (Lipinski definition) is 5. The van der Waals surface area contributed by atoms with Crippen LogP contribution in [0.2, 0.25) is 0 Å². The highest BCUT2D eigenvalue weighted by Crippen LogP contribution is 2.03.